The minimum atomic E-state index is -0.00759. The van der Waals surface area contributed by atoms with Gasteiger partial charge in [-0.25, -0.2) is 0 Å². The summed E-state index contributed by atoms with van der Waals surface area (Å²) in [6, 6.07) is 9.31. The summed E-state index contributed by atoms with van der Waals surface area (Å²) in [5.41, 5.74) is 2.29. The average Bonchev–Trinajstić information content (AvgIpc) is 2.65. The third kappa shape index (κ3) is 1.13. The number of nitrogens with zero attached hydrogens (tertiary/aromatic N) is 1. The summed E-state index contributed by atoms with van der Waals surface area (Å²) < 4.78 is 7.37. The molecule has 3 aromatic rings. The Kier molecular flexibility index (Phi) is 2.04. The van der Waals surface area contributed by atoms with Crippen molar-refractivity contribution in [2.24, 2.45) is 0 Å². The summed E-state index contributed by atoms with van der Waals surface area (Å²) in [5.74, 6) is 0. The quantitative estimate of drug-likeness (QED) is 0.646. The highest BCUT2D eigenvalue weighted by Crippen LogP contribution is 2.29. The Labute approximate surface area is 95.8 Å². The summed E-state index contributed by atoms with van der Waals surface area (Å²) in [4.78, 5) is 11.8. The first-order chi connectivity index (χ1) is 7.83. The van der Waals surface area contributed by atoms with E-state index in [1.54, 1.807) is 0 Å². The van der Waals surface area contributed by atoms with Crippen molar-refractivity contribution in [1.29, 1.82) is 0 Å². The SMILES string of the molecule is CSn1c2ccccc2c2occc(=O)c21. The first-order valence-electron chi connectivity index (χ1n) is 4.88. The van der Waals surface area contributed by atoms with Crippen LogP contribution in [-0.2, 0) is 0 Å². The topological polar surface area (TPSA) is 35.1 Å². The van der Waals surface area contributed by atoms with E-state index < -0.39 is 0 Å². The monoisotopic (exact) mass is 231 g/mol. The number of rotatable bonds is 1. The van der Waals surface area contributed by atoms with Crippen molar-refractivity contribution in [1.82, 2.24) is 3.97 Å². The van der Waals surface area contributed by atoms with Gasteiger partial charge in [0.15, 0.2) is 5.58 Å². The predicted octanol–water partition coefficient (Wildman–Crippen LogP) is 2.87. The van der Waals surface area contributed by atoms with Gasteiger partial charge in [-0.1, -0.05) is 12.1 Å². The summed E-state index contributed by atoms with van der Waals surface area (Å²) in [6.45, 7) is 0. The number of hydrogen-bond acceptors (Lipinski definition) is 3. The van der Waals surface area contributed by atoms with Gasteiger partial charge in [0, 0.05) is 17.7 Å². The first-order valence-corrected chi connectivity index (χ1v) is 6.06. The Hall–Kier alpha value is -1.68. The molecule has 2 aromatic heterocycles. The second-order valence-corrected chi connectivity index (χ2v) is 4.19. The number of benzene rings is 1. The van der Waals surface area contributed by atoms with E-state index >= 15 is 0 Å². The molecule has 0 atom stereocenters. The van der Waals surface area contributed by atoms with E-state index in [0.717, 1.165) is 10.9 Å². The molecule has 3 nitrogen and oxygen atoms in total. The summed E-state index contributed by atoms with van der Waals surface area (Å²) in [6.07, 6.45) is 3.39. The molecule has 0 aliphatic carbocycles. The van der Waals surface area contributed by atoms with Crippen LogP contribution in [0.4, 0.5) is 0 Å². The average molecular weight is 231 g/mol. The largest absolute Gasteiger partial charge is 0.462 e. The summed E-state index contributed by atoms with van der Waals surface area (Å²) in [7, 11) is 0. The number of fused-ring (bicyclic) bond motifs is 3. The lowest BCUT2D eigenvalue weighted by Crippen LogP contribution is -2.01. The third-order valence-corrected chi connectivity index (χ3v) is 3.35. The maximum absolute atomic E-state index is 11.8. The molecule has 0 aliphatic rings. The minimum absolute atomic E-state index is 0.00759. The molecule has 0 saturated heterocycles. The van der Waals surface area contributed by atoms with Crippen LogP contribution in [0, 0.1) is 0 Å². The normalized spacial score (nSPS) is 11.3. The van der Waals surface area contributed by atoms with Crippen LogP contribution in [0.1, 0.15) is 0 Å². The van der Waals surface area contributed by atoms with Gasteiger partial charge in [0.25, 0.3) is 0 Å². The third-order valence-electron chi connectivity index (χ3n) is 2.61. The number of aromatic nitrogens is 1. The van der Waals surface area contributed by atoms with Crippen LogP contribution < -0.4 is 5.43 Å². The summed E-state index contributed by atoms with van der Waals surface area (Å²) in [5, 5.41) is 0.976. The van der Waals surface area contributed by atoms with E-state index in [1.807, 2.05) is 34.5 Å². The van der Waals surface area contributed by atoms with Gasteiger partial charge in [-0.3, -0.25) is 8.77 Å². The van der Waals surface area contributed by atoms with E-state index in [0.29, 0.717) is 11.1 Å². The molecular weight excluding hydrogens is 222 g/mol. The van der Waals surface area contributed by atoms with E-state index in [2.05, 4.69) is 0 Å². The zero-order valence-electron chi connectivity index (χ0n) is 8.64. The van der Waals surface area contributed by atoms with Crippen molar-refractivity contribution in [2.75, 3.05) is 6.26 Å². The van der Waals surface area contributed by atoms with Crippen LogP contribution >= 0.6 is 11.9 Å². The minimum Gasteiger partial charge on any atom is -0.462 e. The van der Waals surface area contributed by atoms with Gasteiger partial charge >= 0.3 is 0 Å². The zero-order valence-corrected chi connectivity index (χ0v) is 9.45. The highest BCUT2D eigenvalue weighted by molar-refractivity contribution is 7.97. The van der Waals surface area contributed by atoms with Crippen molar-refractivity contribution < 1.29 is 4.42 Å². The fraction of sp³-hybridized carbons (Fsp3) is 0.0833. The molecule has 0 fully saturated rings. The molecule has 16 heavy (non-hydrogen) atoms. The Morgan fingerprint density at radius 1 is 1.25 bits per heavy atom. The summed E-state index contributed by atoms with van der Waals surface area (Å²) >= 11 is 1.51. The lowest BCUT2D eigenvalue weighted by molar-refractivity contribution is 0.606. The predicted molar refractivity (Wildman–Crippen MR) is 66.9 cm³/mol. The van der Waals surface area contributed by atoms with Crippen LogP contribution in [0.2, 0.25) is 0 Å². The van der Waals surface area contributed by atoms with Crippen molar-refractivity contribution in [3.63, 3.8) is 0 Å². The molecule has 0 amide bonds. The van der Waals surface area contributed by atoms with Crippen LogP contribution in [-0.4, -0.2) is 10.2 Å². The van der Waals surface area contributed by atoms with E-state index in [9.17, 15) is 4.79 Å². The van der Waals surface area contributed by atoms with Gasteiger partial charge in [-0.05, 0) is 24.1 Å². The number of para-hydroxylation sites is 1. The standard InChI is InChI=1S/C12H9NO2S/c1-16-13-9-5-3-2-4-8(9)12-11(13)10(14)6-7-15-12/h2-7H,1H3. The maximum Gasteiger partial charge on any atom is 0.210 e. The molecule has 0 saturated carbocycles. The van der Waals surface area contributed by atoms with Gasteiger partial charge in [-0.2, -0.15) is 0 Å². The van der Waals surface area contributed by atoms with E-state index in [4.69, 9.17) is 4.42 Å². The molecule has 0 unspecified atom stereocenters. The van der Waals surface area contributed by atoms with Crippen molar-refractivity contribution in [3.05, 3.63) is 46.8 Å². The molecule has 4 heteroatoms. The first kappa shape index (κ1) is 9.54. The van der Waals surface area contributed by atoms with Gasteiger partial charge in [0.05, 0.1) is 11.8 Å². The molecule has 0 spiro atoms. The van der Waals surface area contributed by atoms with Crippen LogP contribution in [0.15, 0.2) is 45.8 Å². The van der Waals surface area contributed by atoms with Crippen LogP contribution in [0.25, 0.3) is 22.0 Å². The molecule has 2 heterocycles. The van der Waals surface area contributed by atoms with Crippen LogP contribution in [0.3, 0.4) is 0 Å². The second kappa shape index (κ2) is 3.42. The lowest BCUT2D eigenvalue weighted by atomic mass is 10.2. The smallest absolute Gasteiger partial charge is 0.210 e. The Bertz CT molecular complexity index is 727. The fourth-order valence-electron chi connectivity index (χ4n) is 1.95. The van der Waals surface area contributed by atoms with Crippen LogP contribution in [0.5, 0.6) is 0 Å². The fourth-order valence-corrected chi connectivity index (χ4v) is 2.66. The molecule has 0 radical (unpaired) electrons. The second-order valence-electron chi connectivity index (χ2n) is 3.46. The van der Waals surface area contributed by atoms with Gasteiger partial charge in [0.1, 0.15) is 5.52 Å². The highest BCUT2D eigenvalue weighted by Gasteiger charge is 2.13. The van der Waals surface area contributed by atoms with Crippen molar-refractivity contribution in [3.8, 4) is 0 Å². The van der Waals surface area contributed by atoms with E-state index in [1.165, 1.54) is 24.3 Å². The Morgan fingerprint density at radius 3 is 2.88 bits per heavy atom. The Balaban J connectivity index is 2.70. The Morgan fingerprint density at radius 2 is 2.06 bits per heavy atom. The van der Waals surface area contributed by atoms with Crippen molar-refractivity contribution in [2.45, 2.75) is 0 Å². The molecular formula is C12H9NO2S. The molecule has 0 aliphatic heterocycles. The molecule has 0 bridgehead atoms. The molecule has 1 aromatic carbocycles. The van der Waals surface area contributed by atoms with Gasteiger partial charge in [0.2, 0.25) is 5.43 Å². The number of hydrogen-bond donors (Lipinski definition) is 0. The zero-order chi connectivity index (χ0) is 11.1. The van der Waals surface area contributed by atoms with Gasteiger partial charge in [-0.15, -0.1) is 0 Å². The van der Waals surface area contributed by atoms with Crippen molar-refractivity contribution >= 4 is 34.0 Å². The molecule has 3 rings (SSSR count). The molecule has 0 N–H and O–H groups in total. The van der Waals surface area contributed by atoms with Gasteiger partial charge < -0.3 is 4.42 Å². The molecule has 80 valence electrons. The lowest BCUT2D eigenvalue weighted by Gasteiger charge is -1.98. The maximum atomic E-state index is 11.8. The van der Waals surface area contributed by atoms with E-state index in [-0.39, 0.29) is 5.43 Å². The highest BCUT2D eigenvalue weighted by atomic mass is 32.2.